The molecule has 2 atom stereocenters. The Morgan fingerprint density at radius 3 is 2.67 bits per heavy atom. The van der Waals surface area contributed by atoms with Gasteiger partial charge in [-0.1, -0.05) is 30.3 Å². The van der Waals surface area contributed by atoms with Crippen LogP contribution in [-0.4, -0.2) is 21.8 Å². The SMILES string of the molecule is CC(=O)N1C=C(C)[C@H]2C=C([N+](=O)[O-])C=C(OCc3ccccc3)[C@H]21. The van der Waals surface area contributed by atoms with Crippen molar-refractivity contribution in [2.24, 2.45) is 5.92 Å². The molecule has 1 aromatic rings. The molecule has 1 aliphatic carbocycles. The van der Waals surface area contributed by atoms with Crippen molar-refractivity contribution in [1.29, 1.82) is 0 Å². The van der Waals surface area contributed by atoms with Gasteiger partial charge in [-0.3, -0.25) is 14.9 Å². The van der Waals surface area contributed by atoms with Crippen LogP contribution < -0.4 is 0 Å². The van der Waals surface area contributed by atoms with E-state index >= 15 is 0 Å². The number of amides is 1. The second kappa shape index (κ2) is 6.31. The average Bonchev–Trinajstić information content (AvgIpc) is 2.91. The molecule has 0 radical (unpaired) electrons. The van der Waals surface area contributed by atoms with Crippen LogP contribution in [-0.2, 0) is 16.1 Å². The van der Waals surface area contributed by atoms with E-state index in [2.05, 4.69) is 0 Å². The van der Waals surface area contributed by atoms with Gasteiger partial charge in [0.25, 0.3) is 5.70 Å². The predicted octanol–water partition coefficient (Wildman–Crippen LogP) is 3.01. The fraction of sp³-hybridized carbons (Fsp3) is 0.278. The maximum atomic E-state index is 11.9. The van der Waals surface area contributed by atoms with E-state index in [1.165, 1.54) is 13.0 Å². The molecule has 6 nitrogen and oxygen atoms in total. The molecule has 0 saturated carbocycles. The van der Waals surface area contributed by atoms with E-state index < -0.39 is 4.92 Å². The van der Waals surface area contributed by atoms with Gasteiger partial charge in [-0.15, -0.1) is 0 Å². The first-order valence-electron chi connectivity index (χ1n) is 7.69. The Morgan fingerprint density at radius 1 is 1.33 bits per heavy atom. The van der Waals surface area contributed by atoms with Crippen molar-refractivity contribution < 1.29 is 14.5 Å². The second-order valence-electron chi connectivity index (χ2n) is 5.94. The predicted molar refractivity (Wildman–Crippen MR) is 87.9 cm³/mol. The van der Waals surface area contributed by atoms with Crippen molar-refractivity contribution >= 4 is 5.91 Å². The molecule has 24 heavy (non-hydrogen) atoms. The summed E-state index contributed by atoms with van der Waals surface area (Å²) in [6.45, 7) is 3.65. The summed E-state index contributed by atoms with van der Waals surface area (Å²) in [6.07, 6.45) is 4.76. The standard InChI is InChI=1S/C18H18N2O4/c1-12-10-19(13(2)21)18-16(12)8-15(20(22)23)9-17(18)24-11-14-6-4-3-5-7-14/h3-10,16,18H,11H2,1-2H3/t16-,18+/m1/s1. The number of hydrogen-bond donors (Lipinski definition) is 0. The summed E-state index contributed by atoms with van der Waals surface area (Å²) in [6, 6.07) is 9.21. The van der Waals surface area contributed by atoms with Crippen LogP contribution in [0.5, 0.6) is 0 Å². The van der Waals surface area contributed by atoms with E-state index in [4.69, 9.17) is 4.74 Å². The third-order valence-electron chi connectivity index (χ3n) is 4.26. The lowest BCUT2D eigenvalue weighted by Gasteiger charge is -2.30. The van der Waals surface area contributed by atoms with Gasteiger partial charge < -0.3 is 9.64 Å². The number of nitrogens with zero attached hydrogens (tertiary/aromatic N) is 2. The quantitative estimate of drug-likeness (QED) is 0.630. The number of benzene rings is 1. The first-order valence-corrected chi connectivity index (χ1v) is 7.69. The summed E-state index contributed by atoms with van der Waals surface area (Å²) in [5, 5.41) is 11.2. The zero-order valence-corrected chi connectivity index (χ0v) is 13.5. The van der Waals surface area contributed by atoms with Crippen molar-refractivity contribution in [2.45, 2.75) is 26.5 Å². The molecule has 1 aliphatic heterocycles. The fourth-order valence-corrected chi connectivity index (χ4v) is 3.08. The Bertz CT molecular complexity index is 764. The second-order valence-corrected chi connectivity index (χ2v) is 5.94. The number of rotatable bonds is 4. The Labute approximate surface area is 139 Å². The minimum Gasteiger partial charge on any atom is -0.491 e. The van der Waals surface area contributed by atoms with Gasteiger partial charge in [0.15, 0.2) is 0 Å². The van der Waals surface area contributed by atoms with Gasteiger partial charge in [0, 0.05) is 25.1 Å². The average molecular weight is 326 g/mol. The number of allylic oxidation sites excluding steroid dienone is 1. The molecule has 6 heteroatoms. The summed E-state index contributed by atoms with van der Waals surface area (Å²) >= 11 is 0. The Morgan fingerprint density at radius 2 is 2.04 bits per heavy atom. The third kappa shape index (κ3) is 2.95. The molecule has 0 aromatic heterocycles. The molecule has 0 saturated heterocycles. The van der Waals surface area contributed by atoms with Crippen LogP contribution in [0.25, 0.3) is 0 Å². The van der Waals surface area contributed by atoms with Gasteiger partial charge in [-0.25, -0.2) is 0 Å². The highest BCUT2D eigenvalue weighted by molar-refractivity contribution is 5.76. The summed E-state index contributed by atoms with van der Waals surface area (Å²) in [5.41, 5.74) is 1.87. The zero-order valence-electron chi connectivity index (χ0n) is 13.5. The Kier molecular flexibility index (Phi) is 4.20. The van der Waals surface area contributed by atoms with Gasteiger partial charge in [0.05, 0.1) is 11.0 Å². The lowest BCUT2D eigenvalue weighted by molar-refractivity contribution is -0.420. The largest absolute Gasteiger partial charge is 0.491 e. The van der Waals surface area contributed by atoms with E-state index in [0.717, 1.165) is 11.1 Å². The van der Waals surface area contributed by atoms with Gasteiger partial charge in [0.2, 0.25) is 5.91 Å². The summed E-state index contributed by atoms with van der Waals surface area (Å²) in [4.78, 5) is 24.3. The molecule has 1 amide bonds. The van der Waals surface area contributed by atoms with Crippen molar-refractivity contribution in [3.63, 3.8) is 0 Å². The van der Waals surface area contributed by atoms with E-state index in [1.807, 2.05) is 37.3 Å². The smallest absolute Gasteiger partial charge is 0.269 e. The molecular weight excluding hydrogens is 308 g/mol. The van der Waals surface area contributed by atoms with Crippen LogP contribution in [0, 0.1) is 16.0 Å². The van der Waals surface area contributed by atoms with Crippen LogP contribution in [0.15, 0.2) is 65.7 Å². The molecule has 2 aliphatic rings. The van der Waals surface area contributed by atoms with Crippen molar-refractivity contribution in [1.82, 2.24) is 4.90 Å². The number of fused-ring (bicyclic) bond motifs is 1. The summed E-state index contributed by atoms with van der Waals surface area (Å²) in [5.74, 6) is 0.0976. The minimum atomic E-state index is -0.425. The van der Waals surface area contributed by atoms with Crippen LogP contribution in [0.4, 0.5) is 0 Å². The molecule has 0 spiro atoms. The monoisotopic (exact) mass is 326 g/mol. The molecule has 0 fully saturated rings. The maximum Gasteiger partial charge on any atom is 0.269 e. The normalized spacial score (nSPS) is 22.2. The Balaban J connectivity index is 1.90. The highest BCUT2D eigenvalue weighted by Crippen LogP contribution is 2.38. The number of carbonyl (C=O) groups is 1. The highest BCUT2D eigenvalue weighted by Gasteiger charge is 2.42. The van der Waals surface area contributed by atoms with Crippen LogP contribution in [0.2, 0.25) is 0 Å². The molecule has 0 bridgehead atoms. The number of ether oxygens (including phenoxy) is 1. The molecule has 1 aromatic carbocycles. The summed E-state index contributed by atoms with van der Waals surface area (Å²) < 4.78 is 5.88. The molecular formula is C18H18N2O4. The zero-order chi connectivity index (χ0) is 17.3. The lowest BCUT2D eigenvalue weighted by Crippen LogP contribution is -2.39. The van der Waals surface area contributed by atoms with Gasteiger partial charge >= 0.3 is 0 Å². The minimum absolute atomic E-state index is 0.00235. The van der Waals surface area contributed by atoms with Gasteiger partial charge in [-0.2, -0.15) is 0 Å². The van der Waals surface area contributed by atoms with Crippen LogP contribution >= 0.6 is 0 Å². The first kappa shape index (κ1) is 16.0. The molecule has 0 unspecified atom stereocenters. The summed E-state index contributed by atoms with van der Waals surface area (Å²) in [7, 11) is 0. The Hall–Kier alpha value is -2.89. The number of hydrogen-bond acceptors (Lipinski definition) is 4. The number of nitro groups is 1. The van der Waals surface area contributed by atoms with Crippen molar-refractivity contribution in [3.05, 3.63) is 81.4 Å². The van der Waals surface area contributed by atoms with E-state index in [-0.39, 0.29) is 23.6 Å². The third-order valence-corrected chi connectivity index (χ3v) is 4.26. The fourth-order valence-electron chi connectivity index (χ4n) is 3.08. The maximum absolute atomic E-state index is 11.9. The highest BCUT2D eigenvalue weighted by atomic mass is 16.6. The molecule has 124 valence electrons. The van der Waals surface area contributed by atoms with Gasteiger partial charge in [0.1, 0.15) is 18.4 Å². The number of carbonyl (C=O) groups excluding carboxylic acids is 1. The van der Waals surface area contributed by atoms with Crippen LogP contribution in [0.1, 0.15) is 19.4 Å². The van der Waals surface area contributed by atoms with E-state index in [1.54, 1.807) is 17.2 Å². The van der Waals surface area contributed by atoms with E-state index in [0.29, 0.717) is 12.4 Å². The van der Waals surface area contributed by atoms with Crippen molar-refractivity contribution in [2.75, 3.05) is 0 Å². The van der Waals surface area contributed by atoms with Gasteiger partial charge in [-0.05, 0) is 18.1 Å². The molecule has 3 rings (SSSR count). The van der Waals surface area contributed by atoms with Crippen molar-refractivity contribution in [3.8, 4) is 0 Å². The first-order chi connectivity index (χ1) is 11.5. The molecule has 0 N–H and O–H groups in total. The molecule has 1 heterocycles. The van der Waals surface area contributed by atoms with Crippen LogP contribution in [0.3, 0.4) is 0 Å². The van der Waals surface area contributed by atoms with E-state index in [9.17, 15) is 14.9 Å². The topological polar surface area (TPSA) is 72.7 Å². The lowest BCUT2D eigenvalue weighted by atomic mass is 9.89.